The topological polar surface area (TPSA) is 66.9 Å². The molecule has 31 heavy (non-hydrogen) atoms. The fourth-order valence-corrected chi connectivity index (χ4v) is 4.25. The van der Waals surface area contributed by atoms with Crippen LogP contribution in [0, 0.1) is 5.92 Å². The Bertz CT molecular complexity index is 844. The highest BCUT2D eigenvalue weighted by Gasteiger charge is 2.27. The first kappa shape index (κ1) is 21.6. The first-order valence-electron chi connectivity index (χ1n) is 11.3. The maximum atomic E-state index is 13.2. The van der Waals surface area contributed by atoms with Crippen molar-refractivity contribution in [3.8, 4) is 5.75 Å². The van der Waals surface area contributed by atoms with Crippen LogP contribution >= 0.6 is 0 Å². The molecule has 4 rings (SSSR count). The van der Waals surface area contributed by atoms with Gasteiger partial charge in [-0.05, 0) is 62.1 Å². The smallest absolute Gasteiger partial charge is 0.257 e. The Balaban J connectivity index is 1.35. The number of hydrogen-bond acceptors (Lipinski definition) is 6. The molecule has 0 aliphatic carbocycles. The van der Waals surface area contributed by atoms with Crippen molar-refractivity contribution in [2.45, 2.75) is 19.8 Å². The molecule has 0 unspecified atom stereocenters. The summed E-state index contributed by atoms with van der Waals surface area (Å²) in [7, 11) is 0. The maximum absolute atomic E-state index is 13.2. The molecule has 166 valence electrons. The number of ether oxygens (including phenoxy) is 2. The summed E-state index contributed by atoms with van der Waals surface area (Å²) in [6.45, 7) is 9.02. The minimum atomic E-state index is 0.0476. The predicted molar refractivity (Wildman–Crippen MR) is 121 cm³/mol. The molecule has 0 atom stereocenters. The number of carbonyl (C=O) groups excluding carboxylic acids is 1. The van der Waals surface area contributed by atoms with E-state index in [1.807, 2.05) is 48.2 Å². The number of benzene rings is 1. The van der Waals surface area contributed by atoms with E-state index in [4.69, 9.17) is 9.47 Å². The molecule has 1 aromatic carbocycles. The second-order valence-corrected chi connectivity index (χ2v) is 8.13. The Morgan fingerprint density at radius 3 is 2.58 bits per heavy atom. The van der Waals surface area contributed by atoms with Crippen LogP contribution in [-0.4, -0.2) is 73.2 Å². The zero-order valence-corrected chi connectivity index (χ0v) is 18.3. The normalized spacial score (nSPS) is 18.0. The largest absolute Gasteiger partial charge is 0.494 e. The highest BCUT2D eigenvalue weighted by Crippen LogP contribution is 2.25. The lowest BCUT2D eigenvalue weighted by atomic mass is 9.95. The Morgan fingerprint density at radius 1 is 1.13 bits per heavy atom. The van der Waals surface area contributed by atoms with Crippen molar-refractivity contribution in [3.63, 3.8) is 0 Å². The van der Waals surface area contributed by atoms with Gasteiger partial charge in [0, 0.05) is 44.6 Å². The highest BCUT2D eigenvalue weighted by atomic mass is 16.5. The van der Waals surface area contributed by atoms with Gasteiger partial charge in [0.2, 0.25) is 0 Å². The van der Waals surface area contributed by atoms with Crippen LogP contribution in [0.3, 0.4) is 0 Å². The van der Waals surface area contributed by atoms with Crippen LogP contribution in [0.4, 0.5) is 11.5 Å². The lowest BCUT2D eigenvalue weighted by Crippen LogP contribution is -2.44. The van der Waals surface area contributed by atoms with Crippen molar-refractivity contribution in [1.29, 1.82) is 0 Å². The average Bonchev–Trinajstić information content (AvgIpc) is 2.82. The van der Waals surface area contributed by atoms with Gasteiger partial charge in [-0.2, -0.15) is 0 Å². The molecule has 0 spiro atoms. The van der Waals surface area contributed by atoms with Gasteiger partial charge in [-0.3, -0.25) is 9.69 Å². The standard InChI is InChI=1S/C24H32N4O3/c1-2-31-21-7-5-20(6-8-21)26-23-22(4-3-11-25-23)24(29)28-12-9-19(10-13-28)18-27-14-16-30-17-15-27/h3-8,11,19H,2,9-10,12-18H2,1H3,(H,25,26). The third-order valence-electron chi connectivity index (χ3n) is 5.99. The summed E-state index contributed by atoms with van der Waals surface area (Å²) < 4.78 is 10.9. The van der Waals surface area contributed by atoms with Crippen molar-refractivity contribution in [3.05, 3.63) is 48.2 Å². The van der Waals surface area contributed by atoms with E-state index in [0.29, 0.717) is 23.9 Å². The van der Waals surface area contributed by atoms with E-state index in [1.54, 1.807) is 6.20 Å². The lowest BCUT2D eigenvalue weighted by molar-refractivity contribution is 0.0243. The van der Waals surface area contributed by atoms with Crippen LogP contribution in [0.15, 0.2) is 42.6 Å². The number of piperidine rings is 1. The summed E-state index contributed by atoms with van der Waals surface area (Å²) in [5.74, 6) is 2.11. The second-order valence-electron chi connectivity index (χ2n) is 8.13. The lowest BCUT2D eigenvalue weighted by Gasteiger charge is -2.36. The van der Waals surface area contributed by atoms with Crippen LogP contribution in [0.5, 0.6) is 5.75 Å². The third-order valence-corrected chi connectivity index (χ3v) is 5.99. The molecular formula is C24H32N4O3. The summed E-state index contributed by atoms with van der Waals surface area (Å²) in [6.07, 6.45) is 3.80. The molecule has 0 saturated carbocycles. The molecule has 0 radical (unpaired) electrons. The van der Waals surface area contributed by atoms with Gasteiger partial charge in [-0.15, -0.1) is 0 Å². The van der Waals surface area contributed by atoms with Crippen LogP contribution in [0.25, 0.3) is 0 Å². The Hall–Kier alpha value is -2.64. The highest BCUT2D eigenvalue weighted by molar-refractivity contribution is 5.99. The van der Waals surface area contributed by atoms with E-state index >= 15 is 0 Å². The summed E-state index contributed by atoms with van der Waals surface area (Å²) in [5, 5.41) is 3.29. The molecule has 2 saturated heterocycles. The number of aromatic nitrogens is 1. The minimum Gasteiger partial charge on any atom is -0.494 e. The molecule has 2 fully saturated rings. The van der Waals surface area contributed by atoms with Crippen LogP contribution in [-0.2, 0) is 4.74 Å². The van der Waals surface area contributed by atoms with Gasteiger partial charge >= 0.3 is 0 Å². The minimum absolute atomic E-state index is 0.0476. The molecule has 1 amide bonds. The van der Waals surface area contributed by atoms with E-state index in [-0.39, 0.29) is 5.91 Å². The number of rotatable bonds is 7. The molecule has 2 aliphatic heterocycles. The van der Waals surface area contributed by atoms with Gasteiger partial charge < -0.3 is 19.7 Å². The van der Waals surface area contributed by atoms with Crippen molar-refractivity contribution in [1.82, 2.24) is 14.8 Å². The molecule has 2 aliphatic rings. The summed E-state index contributed by atoms with van der Waals surface area (Å²) >= 11 is 0. The molecule has 0 bridgehead atoms. The summed E-state index contributed by atoms with van der Waals surface area (Å²) in [4.78, 5) is 22.1. The molecule has 1 N–H and O–H groups in total. The number of nitrogens with one attached hydrogen (secondary N) is 1. The summed E-state index contributed by atoms with van der Waals surface area (Å²) in [5.41, 5.74) is 1.49. The van der Waals surface area contributed by atoms with Crippen LogP contribution in [0.2, 0.25) is 0 Å². The first-order valence-corrected chi connectivity index (χ1v) is 11.3. The van der Waals surface area contributed by atoms with Crippen molar-refractivity contribution in [2.75, 3.05) is 57.9 Å². The van der Waals surface area contributed by atoms with Gasteiger partial charge in [-0.25, -0.2) is 4.98 Å². The predicted octanol–water partition coefficient (Wildman–Crippen LogP) is 3.41. The van der Waals surface area contributed by atoms with Crippen molar-refractivity contribution < 1.29 is 14.3 Å². The van der Waals surface area contributed by atoms with Crippen LogP contribution < -0.4 is 10.1 Å². The third kappa shape index (κ3) is 5.74. The fourth-order valence-electron chi connectivity index (χ4n) is 4.25. The Morgan fingerprint density at radius 2 is 1.87 bits per heavy atom. The quantitative estimate of drug-likeness (QED) is 0.735. The molecular weight excluding hydrogens is 392 g/mol. The summed E-state index contributed by atoms with van der Waals surface area (Å²) in [6, 6.07) is 11.4. The number of carbonyl (C=O) groups is 1. The van der Waals surface area contributed by atoms with Gasteiger partial charge in [0.25, 0.3) is 5.91 Å². The van der Waals surface area contributed by atoms with Crippen molar-refractivity contribution in [2.24, 2.45) is 5.92 Å². The van der Waals surface area contributed by atoms with E-state index in [2.05, 4.69) is 15.2 Å². The van der Waals surface area contributed by atoms with E-state index in [1.165, 1.54) is 0 Å². The number of hydrogen-bond donors (Lipinski definition) is 1. The maximum Gasteiger partial charge on any atom is 0.257 e. The Kier molecular flexibility index (Phi) is 7.38. The number of nitrogens with zero attached hydrogens (tertiary/aromatic N) is 3. The Labute approximate surface area is 184 Å². The van der Waals surface area contributed by atoms with E-state index in [9.17, 15) is 4.79 Å². The number of morpholine rings is 1. The average molecular weight is 425 g/mol. The zero-order valence-electron chi connectivity index (χ0n) is 18.3. The van der Waals surface area contributed by atoms with Gasteiger partial charge in [-0.1, -0.05) is 0 Å². The number of anilines is 2. The van der Waals surface area contributed by atoms with Crippen molar-refractivity contribution >= 4 is 17.4 Å². The van der Waals surface area contributed by atoms with E-state index in [0.717, 1.165) is 70.2 Å². The van der Waals surface area contributed by atoms with Crippen LogP contribution in [0.1, 0.15) is 30.1 Å². The van der Waals surface area contributed by atoms with E-state index < -0.39 is 0 Å². The van der Waals surface area contributed by atoms with Gasteiger partial charge in [0.1, 0.15) is 11.6 Å². The number of amides is 1. The number of pyridine rings is 1. The molecule has 7 heteroatoms. The fraction of sp³-hybridized carbons (Fsp3) is 0.500. The number of likely N-dealkylation sites (tertiary alicyclic amines) is 1. The SMILES string of the molecule is CCOc1ccc(Nc2ncccc2C(=O)N2CCC(CN3CCOCC3)CC2)cc1. The molecule has 2 aromatic rings. The molecule has 1 aromatic heterocycles. The monoisotopic (exact) mass is 424 g/mol. The zero-order chi connectivity index (χ0) is 21.5. The van der Waals surface area contributed by atoms with Gasteiger partial charge in [0.05, 0.1) is 25.4 Å². The first-order chi connectivity index (χ1) is 15.2. The molecule has 7 nitrogen and oxygen atoms in total. The molecule has 3 heterocycles. The van der Waals surface area contributed by atoms with Gasteiger partial charge in [0.15, 0.2) is 0 Å². The second kappa shape index (κ2) is 10.6.